The first-order valence-electron chi connectivity index (χ1n) is 5.43. The van der Waals surface area contributed by atoms with E-state index in [0.717, 1.165) is 18.2 Å². The minimum absolute atomic E-state index is 0.0592. The summed E-state index contributed by atoms with van der Waals surface area (Å²) in [6, 6.07) is 9.44. The molecule has 3 nitrogen and oxygen atoms in total. The number of aromatic nitrogens is 1. The van der Waals surface area contributed by atoms with Crippen molar-refractivity contribution in [3.8, 4) is 6.07 Å². The van der Waals surface area contributed by atoms with Crippen LogP contribution >= 0.6 is 0 Å². The van der Waals surface area contributed by atoms with Gasteiger partial charge in [-0.2, -0.15) is 5.26 Å². The topological polar surface area (TPSA) is 53.8 Å². The maximum atomic E-state index is 13.1. The number of nitrogens with zero attached hydrogens (tertiary/aromatic N) is 2. The van der Waals surface area contributed by atoms with Crippen LogP contribution in [0, 0.1) is 23.0 Å². The maximum absolute atomic E-state index is 13.1. The van der Waals surface area contributed by atoms with Gasteiger partial charge in [-0.1, -0.05) is 6.07 Å². The zero-order valence-electron chi connectivity index (χ0n) is 9.68. The average molecular weight is 258 g/mol. The smallest absolute Gasteiger partial charge is 0.186 e. The van der Waals surface area contributed by atoms with E-state index in [1.54, 1.807) is 12.1 Å². The lowest BCUT2D eigenvalue weighted by molar-refractivity contribution is 0.0977. The van der Waals surface area contributed by atoms with Crippen molar-refractivity contribution in [3.05, 3.63) is 65.5 Å². The number of ketones is 1. The summed E-state index contributed by atoms with van der Waals surface area (Å²) in [7, 11) is 0. The monoisotopic (exact) mass is 258 g/mol. The molecule has 0 aliphatic rings. The van der Waals surface area contributed by atoms with Gasteiger partial charge < -0.3 is 0 Å². The highest BCUT2D eigenvalue weighted by molar-refractivity contribution is 6.02. The fraction of sp³-hybridized carbons (Fsp3) is 0.0714. The second kappa shape index (κ2) is 5.36. The number of carbonyl (C=O) groups is 1. The second-order valence-electron chi connectivity index (χ2n) is 3.81. The molecule has 1 aromatic carbocycles. The molecule has 19 heavy (non-hydrogen) atoms. The molecule has 0 saturated heterocycles. The van der Waals surface area contributed by atoms with Crippen molar-refractivity contribution in [1.29, 1.82) is 5.26 Å². The van der Waals surface area contributed by atoms with E-state index in [4.69, 9.17) is 5.26 Å². The first kappa shape index (κ1) is 12.8. The fourth-order valence-electron chi connectivity index (χ4n) is 1.62. The molecule has 1 atom stereocenters. The third-order valence-electron chi connectivity index (χ3n) is 2.58. The van der Waals surface area contributed by atoms with Gasteiger partial charge in [-0.3, -0.25) is 9.78 Å². The highest BCUT2D eigenvalue weighted by Gasteiger charge is 2.23. The number of halogens is 2. The molecular formula is C14H8F2N2O. The van der Waals surface area contributed by atoms with Crippen LogP contribution in [0.15, 0.2) is 42.6 Å². The molecule has 2 aromatic rings. The molecule has 0 aliphatic carbocycles. The Morgan fingerprint density at radius 3 is 2.58 bits per heavy atom. The number of benzene rings is 1. The summed E-state index contributed by atoms with van der Waals surface area (Å²) in [5, 5.41) is 9.06. The third kappa shape index (κ3) is 2.63. The molecule has 0 amide bonds. The largest absolute Gasteiger partial charge is 0.292 e. The normalized spacial score (nSPS) is 11.6. The van der Waals surface area contributed by atoms with Crippen molar-refractivity contribution in [2.75, 3.05) is 0 Å². The SMILES string of the molecule is N#CC(C(=O)c1ccc(F)c(F)c1)c1ccccn1. The van der Waals surface area contributed by atoms with Crippen LogP contribution in [0.3, 0.4) is 0 Å². The van der Waals surface area contributed by atoms with Gasteiger partial charge in [0.2, 0.25) is 0 Å². The molecule has 5 heteroatoms. The van der Waals surface area contributed by atoms with Crippen LogP contribution in [0.25, 0.3) is 0 Å². The van der Waals surface area contributed by atoms with E-state index in [9.17, 15) is 13.6 Å². The maximum Gasteiger partial charge on any atom is 0.186 e. The zero-order valence-corrected chi connectivity index (χ0v) is 9.68. The van der Waals surface area contributed by atoms with E-state index in [-0.39, 0.29) is 11.3 Å². The lowest BCUT2D eigenvalue weighted by Crippen LogP contribution is -2.13. The molecule has 0 aliphatic heterocycles. The van der Waals surface area contributed by atoms with Crippen LogP contribution in [0.5, 0.6) is 0 Å². The molecule has 0 saturated carbocycles. The third-order valence-corrected chi connectivity index (χ3v) is 2.58. The van der Waals surface area contributed by atoms with Gasteiger partial charge in [0, 0.05) is 11.8 Å². The molecule has 94 valence electrons. The van der Waals surface area contributed by atoms with Crippen LogP contribution in [0.2, 0.25) is 0 Å². The Bertz CT molecular complexity index is 650. The molecular weight excluding hydrogens is 250 g/mol. The predicted octanol–water partition coefficient (Wildman–Crippen LogP) is 2.85. The van der Waals surface area contributed by atoms with Gasteiger partial charge in [-0.05, 0) is 30.3 Å². The lowest BCUT2D eigenvalue weighted by Gasteiger charge is -2.07. The molecule has 1 unspecified atom stereocenters. The molecule has 0 fully saturated rings. The Morgan fingerprint density at radius 1 is 1.21 bits per heavy atom. The Balaban J connectivity index is 2.37. The van der Waals surface area contributed by atoms with E-state index in [1.807, 2.05) is 6.07 Å². The quantitative estimate of drug-likeness (QED) is 0.795. The number of carbonyl (C=O) groups excluding carboxylic acids is 1. The highest BCUT2D eigenvalue weighted by atomic mass is 19.2. The van der Waals surface area contributed by atoms with E-state index in [0.29, 0.717) is 0 Å². The second-order valence-corrected chi connectivity index (χ2v) is 3.81. The molecule has 1 aromatic heterocycles. The van der Waals surface area contributed by atoms with Gasteiger partial charge in [0.15, 0.2) is 23.3 Å². The lowest BCUT2D eigenvalue weighted by atomic mass is 9.95. The van der Waals surface area contributed by atoms with E-state index < -0.39 is 23.3 Å². The van der Waals surface area contributed by atoms with Crippen molar-refractivity contribution < 1.29 is 13.6 Å². The Hall–Kier alpha value is -2.61. The Labute approximate surface area is 108 Å². The predicted molar refractivity (Wildman–Crippen MR) is 63.3 cm³/mol. The standard InChI is InChI=1S/C14H8F2N2O/c15-11-5-4-9(7-12(11)16)14(19)10(8-17)13-3-1-2-6-18-13/h1-7,10H. The average Bonchev–Trinajstić information content (AvgIpc) is 2.44. The number of rotatable bonds is 3. The van der Waals surface area contributed by atoms with Gasteiger partial charge in [0.05, 0.1) is 11.8 Å². The molecule has 0 radical (unpaired) electrons. The van der Waals surface area contributed by atoms with Crippen molar-refractivity contribution in [2.24, 2.45) is 0 Å². The number of pyridine rings is 1. The molecule has 1 heterocycles. The van der Waals surface area contributed by atoms with Gasteiger partial charge in [0.1, 0.15) is 0 Å². The summed E-state index contributed by atoms with van der Waals surface area (Å²) < 4.78 is 25.9. The zero-order chi connectivity index (χ0) is 13.8. The summed E-state index contributed by atoms with van der Waals surface area (Å²) in [6.45, 7) is 0. The fourth-order valence-corrected chi connectivity index (χ4v) is 1.62. The Morgan fingerprint density at radius 2 is 2.00 bits per heavy atom. The van der Waals surface area contributed by atoms with E-state index in [2.05, 4.69) is 4.98 Å². The summed E-state index contributed by atoms with van der Waals surface area (Å²) in [4.78, 5) is 16.0. The Kier molecular flexibility index (Phi) is 3.62. The first-order chi connectivity index (χ1) is 9.13. The summed E-state index contributed by atoms with van der Waals surface area (Å²) in [5.41, 5.74) is 0.218. The van der Waals surface area contributed by atoms with Gasteiger partial charge in [-0.25, -0.2) is 8.78 Å². The molecule has 0 N–H and O–H groups in total. The van der Waals surface area contributed by atoms with Gasteiger partial charge in [-0.15, -0.1) is 0 Å². The summed E-state index contributed by atoms with van der Waals surface area (Å²) in [6.07, 6.45) is 1.46. The minimum atomic E-state index is -1.13. The number of Topliss-reactive ketones (excluding diaryl/α,β-unsaturated/α-hetero) is 1. The van der Waals surface area contributed by atoms with Crippen LogP contribution in [0.1, 0.15) is 22.0 Å². The van der Waals surface area contributed by atoms with Crippen LogP contribution in [-0.2, 0) is 0 Å². The molecule has 2 rings (SSSR count). The minimum Gasteiger partial charge on any atom is -0.292 e. The highest BCUT2D eigenvalue weighted by Crippen LogP contribution is 2.19. The van der Waals surface area contributed by atoms with Crippen LogP contribution < -0.4 is 0 Å². The van der Waals surface area contributed by atoms with Crippen molar-refractivity contribution in [1.82, 2.24) is 4.98 Å². The van der Waals surface area contributed by atoms with Gasteiger partial charge in [0.25, 0.3) is 0 Å². The molecule has 0 spiro atoms. The van der Waals surface area contributed by atoms with Crippen molar-refractivity contribution in [3.63, 3.8) is 0 Å². The van der Waals surface area contributed by atoms with Crippen LogP contribution in [0.4, 0.5) is 8.78 Å². The van der Waals surface area contributed by atoms with E-state index >= 15 is 0 Å². The number of hydrogen-bond acceptors (Lipinski definition) is 3. The number of nitriles is 1. The van der Waals surface area contributed by atoms with Gasteiger partial charge >= 0.3 is 0 Å². The number of hydrogen-bond donors (Lipinski definition) is 0. The van der Waals surface area contributed by atoms with E-state index in [1.165, 1.54) is 12.3 Å². The van der Waals surface area contributed by atoms with Crippen LogP contribution in [-0.4, -0.2) is 10.8 Å². The molecule has 0 bridgehead atoms. The summed E-state index contributed by atoms with van der Waals surface area (Å²) in [5.74, 6) is -3.90. The van der Waals surface area contributed by atoms with Crippen molar-refractivity contribution >= 4 is 5.78 Å². The van der Waals surface area contributed by atoms with Crippen molar-refractivity contribution in [2.45, 2.75) is 5.92 Å². The first-order valence-corrected chi connectivity index (χ1v) is 5.43. The summed E-state index contributed by atoms with van der Waals surface area (Å²) >= 11 is 0.